The van der Waals surface area contributed by atoms with Crippen LogP contribution in [0.1, 0.15) is 0 Å². The van der Waals surface area contributed by atoms with Crippen LogP contribution in [-0.4, -0.2) is 17.1 Å². The van der Waals surface area contributed by atoms with Gasteiger partial charge in [0.2, 0.25) is 0 Å². The molecule has 0 spiro atoms. The fraction of sp³-hybridized carbons (Fsp3) is 0.333. The van der Waals surface area contributed by atoms with E-state index < -0.39 is 11.7 Å². The first-order chi connectivity index (χ1) is 5.39. The van der Waals surface area contributed by atoms with Crippen molar-refractivity contribution in [1.29, 1.82) is 0 Å². The van der Waals surface area contributed by atoms with E-state index in [1.807, 2.05) is 0 Å². The molecule has 0 saturated heterocycles. The summed E-state index contributed by atoms with van der Waals surface area (Å²) >= 11 is 10.8. The number of allylic oxidation sites excluding steroid dienone is 2. The summed E-state index contributed by atoms with van der Waals surface area (Å²) in [5, 5.41) is 0.0693. The third kappa shape index (κ3) is 2.32. The molecule has 0 unspecified atom stereocenters. The minimum atomic E-state index is -4.40. The van der Waals surface area contributed by atoms with Crippen molar-refractivity contribution in [2.75, 3.05) is 6.54 Å². The second-order valence-corrected chi connectivity index (χ2v) is 3.15. The molecule has 0 amide bonds. The van der Waals surface area contributed by atoms with Crippen molar-refractivity contribution in [3.05, 3.63) is 22.9 Å². The van der Waals surface area contributed by atoms with Crippen LogP contribution in [0.5, 0.6) is 0 Å². The van der Waals surface area contributed by atoms with Gasteiger partial charge in [-0.05, 0) is 6.08 Å². The van der Waals surface area contributed by atoms with Gasteiger partial charge in [-0.25, -0.2) is 0 Å². The van der Waals surface area contributed by atoms with Gasteiger partial charge in [0.05, 0.1) is 12.1 Å². The molecule has 0 saturated carbocycles. The molecule has 0 aliphatic carbocycles. The number of hydrogen-bond donors (Lipinski definition) is 0. The molecule has 12 heavy (non-hydrogen) atoms. The topological polar surface area (TPSA) is 3.24 Å². The van der Waals surface area contributed by atoms with Crippen LogP contribution >= 0.6 is 23.4 Å². The Labute approximate surface area is 77.2 Å². The highest BCUT2D eigenvalue weighted by Gasteiger charge is 2.34. The molecule has 1 aliphatic heterocycles. The second-order valence-electron chi connectivity index (χ2n) is 2.23. The zero-order valence-corrected chi connectivity index (χ0v) is 7.21. The van der Waals surface area contributed by atoms with E-state index >= 15 is 0 Å². The molecular formula is C6H4Cl2F3N. The minimum Gasteiger partial charge on any atom is -0.287 e. The molecule has 1 rings (SSSR count). The van der Waals surface area contributed by atoms with Crippen LogP contribution in [0.4, 0.5) is 13.2 Å². The molecule has 0 N–H and O–H groups in total. The first-order valence-electron chi connectivity index (χ1n) is 2.97. The smallest absolute Gasteiger partial charge is 0.287 e. The van der Waals surface area contributed by atoms with E-state index in [2.05, 4.69) is 0 Å². The summed E-state index contributed by atoms with van der Waals surface area (Å²) in [4.78, 5) is 0. The number of nitrogens with zero attached hydrogens (tertiary/aromatic N) is 1. The summed E-state index contributed by atoms with van der Waals surface area (Å²) in [6.07, 6.45) is -2.73. The Morgan fingerprint density at radius 3 is 2.42 bits per heavy atom. The quantitative estimate of drug-likeness (QED) is 0.565. The van der Waals surface area contributed by atoms with Gasteiger partial charge in [-0.3, -0.25) is 4.42 Å². The molecule has 6 heteroatoms. The van der Waals surface area contributed by atoms with Crippen molar-refractivity contribution in [2.45, 2.75) is 6.18 Å². The van der Waals surface area contributed by atoms with Gasteiger partial charge in [0.15, 0.2) is 0 Å². The molecule has 0 bridgehead atoms. The minimum absolute atomic E-state index is 0.0693. The number of hydrogen-bond acceptors (Lipinski definition) is 1. The van der Waals surface area contributed by atoms with Gasteiger partial charge in [0.25, 0.3) is 0 Å². The average molecular weight is 218 g/mol. The van der Waals surface area contributed by atoms with E-state index in [1.165, 1.54) is 0 Å². The summed E-state index contributed by atoms with van der Waals surface area (Å²) in [5.41, 5.74) is -0.839. The van der Waals surface area contributed by atoms with Crippen molar-refractivity contribution in [3.63, 3.8) is 0 Å². The fourth-order valence-electron chi connectivity index (χ4n) is 0.748. The lowest BCUT2D eigenvalue weighted by molar-refractivity contribution is -0.0892. The number of halogens is 5. The molecule has 68 valence electrons. The van der Waals surface area contributed by atoms with Crippen molar-refractivity contribution < 1.29 is 13.2 Å². The molecule has 0 aromatic carbocycles. The Kier molecular flexibility index (Phi) is 2.58. The SMILES string of the molecule is FC(F)(F)C1=CN(Cl)CC(Cl)=C1. The first kappa shape index (κ1) is 9.74. The fourth-order valence-corrected chi connectivity index (χ4v) is 1.29. The Hall–Kier alpha value is -0.350. The zero-order chi connectivity index (χ0) is 9.35. The maximum atomic E-state index is 12.0. The Balaban J connectivity index is 2.91. The summed E-state index contributed by atoms with van der Waals surface area (Å²) < 4.78 is 37.0. The van der Waals surface area contributed by atoms with E-state index in [-0.39, 0.29) is 11.6 Å². The van der Waals surface area contributed by atoms with Gasteiger partial charge < -0.3 is 0 Å². The van der Waals surface area contributed by atoms with Gasteiger partial charge in [0.1, 0.15) is 0 Å². The molecule has 0 aromatic rings. The van der Waals surface area contributed by atoms with E-state index in [0.29, 0.717) is 0 Å². The van der Waals surface area contributed by atoms with E-state index in [0.717, 1.165) is 16.7 Å². The lowest BCUT2D eigenvalue weighted by Crippen LogP contribution is -2.19. The van der Waals surface area contributed by atoms with Gasteiger partial charge in [-0.1, -0.05) is 11.6 Å². The molecule has 0 radical (unpaired) electrons. The van der Waals surface area contributed by atoms with Crippen LogP contribution in [-0.2, 0) is 0 Å². The van der Waals surface area contributed by atoms with Crippen LogP contribution in [0.15, 0.2) is 22.9 Å². The van der Waals surface area contributed by atoms with E-state index in [9.17, 15) is 13.2 Å². The molecule has 0 aromatic heterocycles. The third-order valence-electron chi connectivity index (χ3n) is 1.22. The molecular weight excluding hydrogens is 214 g/mol. The maximum absolute atomic E-state index is 12.0. The van der Waals surface area contributed by atoms with E-state index in [4.69, 9.17) is 23.4 Å². The van der Waals surface area contributed by atoms with Gasteiger partial charge in [-0.2, -0.15) is 13.2 Å². The summed E-state index contributed by atoms with van der Waals surface area (Å²) in [5.74, 6) is 0. The highest BCUT2D eigenvalue weighted by atomic mass is 35.5. The lowest BCUT2D eigenvalue weighted by Gasteiger charge is -2.18. The number of alkyl halides is 3. The normalized spacial score (nSPS) is 18.9. The summed E-state index contributed by atoms with van der Waals surface area (Å²) in [6, 6.07) is 0. The van der Waals surface area contributed by atoms with Crippen LogP contribution in [0.25, 0.3) is 0 Å². The predicted molar refractivity (Wildman–Crippen MR) is 40.6 cm³/mol. The second kappa shape index (κ2) is 3.18. The molecule has 1 nitrogen and oxygen atoms in total. The van der Waals surface area contributed by atoms with Crippen molar-refractivity contribution >= 4 is 23.4 Å². The molecule has 1 heterocycles. The standard InChI is InChI=1S/C6H4Cl2F3N/c7-5-1-4(6(9,10)11)2-12(8)3-5/h1-2H,3H2. The monoisotopic (exact) mass is 217 g/mol. The van der Waals surface area contributed by atoms with Gasteiger partial charge >= 0.3 is 6.18 Å². The Morgan fingerprint density at radius 2 is 2.00 bits per heavy atom. The average Bonchev–Trinajstić information content (AvgIpc) is 1.82. The number of rotatable bonds is 0. The lowest BCUT2D eigenvalue weighted by atomic mass is 10.2. The van der Waals surface area contributed by atoms with Crippen molar-refractivity contribution in [3.8, 4) is 0 Å². The third-order valence-corrected chi connectivity index (χ3v) is 1.67. The zero-order valence-electron chi connectivity index (χ0n) is 5.70. The first-order valence-corrected chi connectivity index (χ1v) is 3.68. The Morgan fingerprint density at radius 1 is 1.42 bits per heavy atom. The van der Waals surface area contributed by atoms with Crippen LogP contribution < -0.4 is 0 Å². The highest BCUT2D eigenvalue weighted by Crippen LogP contribution is 2.31. The van der Waals surface area contributed by atoms with E-state index in [1.54, 1.807) is 0 Å². The van der Waals surface area contributed by atoms with Crippen LogP contribution in [0.2, 0.25) is 0 Å². The van der Waals surface area contributed by atoms with Crippen LogP contribution in [0, 0.1) is 0 Å². The Bertz CT molecular complexity index is 244. The molecule has 1 aliphatic rings. The van der Waals surface area contributed by atoms with Gasteiger partial charge in [-0.15, -0.1) is 0 Å². The highest BCUT2D eigenvalue weighted by molar-refractivity contribution is 6.30. The molecule has 0 fully saturated rings. The van der Waals surface area contributed by atoms with Crippen LogP contribution in [0.3, 0.4) is 0 Å². The van der Waals surface area contributed by atoms with Crippen molar-refractivity contribution in [2.24, 2.45) is 0 Å². The van der Waals surface area contributed by atoms with Crippen molar-refractivity contribution in [1.82, 2.24) is 4.42 Å². The molecule has 0 atom stereocenters. The maximum Gasteiger partial charge on any atom is 0.417 e. The summed E-state index contributed by atoms with van der Waals surface area (Å²) in [6.45, 7) is 0.0999. The summed E-state index contributed by atoms with van der Waals surface area (Å²) in [7, 11) is 0. The van der Waals surface area contributed by atoms with Gasteiger partial charge in [0, 0.05) is 23.0 Å². The predicted octanol–water partition coefficient (Wildman–Crippen LogP) is 3.02. The largest absolute Gasteiger partial charge is 0.417 e.